The number of rotatable bonds is 5. The molecule has 0 atom stereocenters. The number of para-hydroxylation sites is 1. The van der Waals surface area contributed by atoms with E-state index in [1.54, 1.807) is 30.7 Å². The Labute approximate surface area is 149 Å². The van der Waals surface area contributed by atoms with Crippen LogP contribution < -0.4 is 5.32 Å². The predicted octanol–water partition coefficient (Wildman–Crippen LogP) is 3.25. The minimum Gasteiger partial charge on any atom is -0.339 e. The van der Waals surface area contributed by atoms with E-state index in [0.717, 1.165) is 16.5 Å². The van der Waals surface area contributed by atoms with Gasteiger partial charge in [-0.1, -0.05) is 23.4 Å². The normalized spacial score (nSPS) is 10.8. The van der Waals surface area contributed by atoms with E-state index >= 15 is 0 Å². The SMILES string of the molecule is O=C(CCc1nc(-c2ccncc2)no1)Nc1cnc2ccccc2c1. The molecule has 128 valence electrons. The van der Waals surface area contributed by atoms with Crippen LogP contribution in [0.3, 0.4) is 0 Å². The zero-order valence-electron chi connectivity index (χ0n) is 13.8. The standard InChI is InChI=1S/C19H15N5O2/c25-17(22-15-11-14-3-1-2-4-16(14)21-12-15)5-6-18-23-19(24-26-18)13-7-9-20-10-8-13/h1-4,7-12H,5-6H2,(H,22,25). The summed E-state index contributed by atoms with van der Waals surface area (Å²) >= 11 is 0. The first-order chi connectivity index (χ1) is 12.8. The average molecular weight is 345 g/mol. The lowest BCUT2D eigenvalue weighted by atomic mass is 10.2. The first-order valence-electron chi connectivity index (χ1n) is 8.15. The number of aryl methyl sites for hydroxylation is 1. The van der Waals surface area contributed by atoms with Gasteiger partial charge >= 0.3 is 0 Å². The smallest absolute Gasteiger partial charge is 0.227 e. The Bertz CT molecular complexity index is 1050. The monoisotopic (exact) mass is 345 g/mol. The number of pyridine rings is 2. The van der Waals surface area contributed by atoms with Crippen LogP contribution >= 0.6 is 0 Å². The summed E-state index contributed by atoms with van der Waals surface area (Å²) in [5.41, 5.74) is 2.37. The Morgan fingerprint density at radius 1 is 1.12 bits per heavy atom. The zero-order chi connectivity index (χ0) is 17.8. The van der Waals surface area contributed by atoms with Crippen molar-refractivity contribution in [2.75, 3.05) is 5.32 Å². The molecule has 7 nitrogen and oxygen atoms in total. The van der Waals surface area contributed by atoms with Crippen molar-refractivity contribution < 1.29 is 9.32 Å². The summed E-state index contributed by atoms with van der Waals surface area (Å²) in [5.74, 6) is 0.774. The molecule has 3 aromatic heterocycles. The van der Waals surface area contributed by atoms with Crippen molar-refractivity contribution in [1.29, 1.82) is 0 Å². The lowest BCUT2D eigenvalue weighted by molar-refractivity contribution is -0.116. The van der Waals surface area contributed by atoms with E-state index < -0.39 is 0 Å². The Hall–Kier alpha value is -3.61. The van der Waals surface area contributed by atoms with Crippen LogP contribution in [0.1, 0.15) is 12.3 Å². The summed E-state index contributed by atoms with van der Waals surface area (Å²) in [7, 11) is 0. The second-order valence-electron chi connectivity index (χ2n) is 5.71. The molecule has 1 aromatic carbocycles. The molecule has 0 saturated heterocycles. The maximum absolute atomic E-state index is 12.2. The Morgan fingerprint density at radius 2 is 1.96 bits per heavy atom. The van der Waals surface area contributed by atoms with Gasteiger partial charge in [0.2, 0.25) is 17.6 Å². The second-order valence-corrected chi connectivity index (χ2v) is 5.71. The molecule has 0 unspecified atom stereocenters. The molecule has 0 spiro atoms. The van der Waals surface area contributed by atoms with Gasteiger partial charge in [-0.2, -0.15) is 4.98 Å². The molecule has 7 heteroatoms. The average Bonchev–Trinajstić information content (AvgIpc) is 3.16. The Balaban J connectivity index is 1.37. The maximum Gasteiger partial charge on any atom is 0.227 e. The Morgan fingerprint density at radius 3 is 2.85 bits per heavy atom. The summed E-state index contributed by atoms with van der Waals surface area (Å²) in [4.78, 5) is 24.7. The molecule has 4 rings (SSSR count). The molecule has 0 aliphatic rings. The van der Waals surface area contributed by atoms with E-state index in [2.05, 4.69) is 25.4 Å². The highest BCUT2D eigenvalue weighted by atomic mass is 16.5. The van der Waals surface area contributed by atoms with Crippen LogP contribution in [0.15, 0.2) is 65.6 Å². The zero-order valence-corrected chi connectivity index (χ0v) is 13.8. The van der Waals surface area contributed by atoms with E-state index in [0.29, 0.717) is 23.8 Å². The fourth-order valence-corrected chi connectivity index (χ4v) is 2.56. The van der Waals surface area contributed by atoms with E-state index in [1.807, 2.05) is 30.3 Å². The molecule has 0 aliphatic carbocycles. The van der Waals surface area contributed by atoms with Crippen LogP contribution in [0.25, 0.3) is 22.3 Å². The van der Waals surface area contributed by atoms with Gasteiger partial charge in [0.05, 0.1) is 17.4 Å². The summed E-state index contributed by atoms with van der Waals surface area (Å²) in [6, 6.07) is 13.2. The topological polar surface area (TPSA) is 93.8 Å². The first kappa shape index (κ1) is 15.9. The first-order valence-corrected chi connectivity index (χ1v) is 8.15. The van der Waals surface area contributed by atoms with Crippen molar-refractivity contribution in [2.24, 2.45) is 0 Å². The highest BCUT2D eigenvalue weighted by Gasteiger charge is 2.11. The van der Waals surface area contributed by atoms with Gasteiger partial charge in [0, 0.05) is 36.2 Å². The van der Waals surface area contributed by atoms with Gasteiger partial charge in [-0.05, 0) is 24.3 Å². The molecule has 0 bridgehead atoms. The molecule has 0 saturated carbocycles. The van der Waals surface area contributed by atoms with Crippen LogP contribution in [-0.2, 0) is 11.2 Å². The van der Waals surface area contributed by atoms with Crippen molar-refractivity contribution in [1.82, 2.24) is 20.1 Å². The van der Waals surface area contributed by atoms with Crippen molar-refractivity contribution in [3.8, 4) is 11.4 Å². The highest BCUT2D eigenvalue weighted by Crippen LogP contribution is 2.17. The minimum absolute atomic E-state index is 0.134. The van der Waals surface area contributed by atoms with Gasteiger partial charge in [0.15, 0.2) is 0 Å². The van der Waals surface area contributed by atoms with Crippen molar-refractivity contribution in [3.63, 3.8) is 0 Å². The van der Waals surface area contributed by atoms with E-state index in [1.165, 1.54) is 0 Å². The number of anilines is 1. The van der Waals surface area contributed by atoms with E-state index in [4.69, 9.17) is 4.52 Å². The van der Waals surface area contributed by atoms with Crippen LogP contribution in [0.4, 0.5) is 5.69 Å². The van der Waals surface area contributed by atoms with Crippen molar-refractivity contribution in [3.05, 3.63) is 66.9 Å². The quantitative estimate of drug-likeness (QED) is 0.597. The molecular formula is C19H15N5O2. The number of amides is 1. The molecular weight excluding hydrogens is 330 g/mol. The summed E-state index contributed by atoms with van der Waals surface area (Å²) in [5, 5.41) is 7.75. The number of nitrogens with zero attached hydrogens (tertiary/aromatic N) is 4. The molecule has 26 heavy (non-hydrogen) atoms. The molecule has 3 heterocycles. The number of nitrogens with one attached hydrogen (secondary N) is 1. The second kappa shape index (κ2) is 7.10. The van der Waals surface area contributed by atoms with Gasteiger partial charge in [0.25, 0.3) is 0 Å². The third-order valence-electron chi connectivity index (χ3n) is 3.85. The maximum atomic E-state index is 12.2. The highest BCUT2D eigenvalue weighted by molar-refractivity contribution is 5.93. The van der Waals surface area contributed by atoms with Crippen molar-refractivity contribution >= 4 is 22.5 Å². The summed E-state index contributed by atoms with van der Waals surface area (Å²) < 4.78 is 5.20. The van der Waals surface area contributed by atoms with Crippen LogP contribution in [0.2, 0.25) is 0 Å². The van der Waals surface area contributed by atoms with Crippen LogP contribution in [-0.4, -0.2) is 26.0 Å². The largest absolute Gasteiger partial charge is 0.339 e. The van der Waals surface area contributed by atoms with E-state index in [-0.39, 0.29) is 12.3 Å². The lowest BCUT2D eigenvalue weighted by Crippen LogP contribution is -2.12. The minimum atomic E-state index is -0.134. The molecule has 1 N–H and O–H groups in total. The molecule has 1 amide bonds. The molecule has 4 aromatic rings. The van der Waals surface area contributed by atoms with Gasteiger partial charge < -0.3 is 9.84 Å². The number of carbonyl (C=O) groups is 1. The van der Waals surface area contributed by atoms with E-state index in [9.17, 15) is 4.79 Å². The number of hydrogen-bond acceptors (Lipinski definition) is 6. The third-order valence-corrected chi connectivity index (χ3v) is 3.85. The van der Waals surface area contributed by atoms with Gasteiger partial charge in [-0.15, -0.1) is 0 Å². The number of benzene rings is 1. The summed E-state index contributed by atoms with van der Waals surface area (Å²) in [6.45, 7) is 0. The lowest BCUT2D eigenvalue weighted by Gasteiger charge is -2.05. The van der Waals surface area contributed by atoms with Crippen LogP contribution in [0, 0.1) is 0 Å². The number of carbonyl (C=O) groups excluding carboxylic acids is 1. The number of fused-ring (bicyclic) bond motifs is 1. The molecule has 0 fully saturated rings. The fraction of sp³-hybridized carbons (Fsp3) is 0.105. The predicted molar refractivity (Wildman–Crippen MR) is 96.2 cm³/mol. The Kier molecular flexibility index (Phi) is 4.34. The third kappa shape index (κ3) is 3.56. The van der Waals surface area contributed by atoms with Crippen LogP contribution in [0.5, 0.6) is 0 Å². The van der Waals surface area contributed by atoms with Gasteiger partial charge in [-0.25, -0.2) is 0 Å². The van der Waals surface area contributed by atoms with Crippen molar-refractivity contribution in [2.45, 2.75) is 12.8 Å². The number of hydrogen-bond donors (Lipinski definition) is 1. The number of aromatic nitrogens is 4. The van der Waals surface area contributed by atoms with Gasteiger partial charge in [-0.3, -0.25) is 14.8 Å². The fourth-order valence-electron chi connectivity index (χ4n) is 2.56. The molecule has 0 radical (unpaired) electrons. The van der Waals surface area contributed by atoms with Gasteiger partial charge in [0.1, 0.15) is 0 Å². The summed E-state index contributed by atoms with van der Waals surface area (Å²) in [6.07, 6.45) is 5.58. The molecule has 0 aliphatic heterocycles.